The van der Waals surface area contributed by atoms with Gasteiger partial charge in [-0.15, -0.1) is 0 Å². The highest BCUT2D eigenvalue weighted by molar-refractivity contribution is 6.05. The van der Waals surface area contributed by atoms with E-state index in [1.807, 2.05) is 18.2 Å². The lowest BCUT2D eigenvalue weighted by Crippen LogP contribution is -2.03. The van der Waals surface area contributed by atoms with E-state index in [1.54, 1.807) is 50.6 Å². The second-order valence-corrected chi connectivity index (χ2v) is 7.73. The predicted octanol–water partition coefficient (Wildman–Crippen LogP) is 5.47. The van der Waals surface area contributed by atoms with E-state index in [1.165, 1.54) is 6.07 Å². The van der Waals surface area contributed by atoms with Crippen LogP contribution in [0.2, 0.25) is 0 Å². The first kappa shape index (κ1) is 20.0. The number of halogens is 1. The highest BCUT2D eigenvalue weighted by Gasteiger charge is 2.21. The molecule has 3 aromatic carbocycles. The quantitative estimate of drug-likeness (QED) is 0.388. The highest BCUT2D eigenvalue weighted by Crippen LogP contribution is 2.39. The average molecular weight is 429 g/mol. The van der Waals surface area contributed by atoms with Crippen molar-refractivity contribution in [2.75, 3.05) is 7.11 Å². The van der Waals surface area contributed by atoms with E-state index < -0.39 is 5.97 Å². The molecule has 2 heterocycles. The molecule has 2 N–H and O–H groups in total. The number of aromatic carboxylic acids is 1. The van der Waals surface area contributed by atoms with Crippen LogP contribution in [0.15, 0.2) is 60.8 Å². The van der Waals surface area contributed by atoms with Gasteiger partial charge in [-0.2, -0.15) is 5.10 Å². The van der Waals surface area contributed by atoms with Crippen LogP contribution in [0.4, 0.5) is 4.39 Å². The smallest absolute Gasteiger partial charge is 0.335 e. The largest absolute Gasteiger partial charge is 0.478 e. The number of hydrogen-bond acceptors (Lipinski definition) is 3. The van der Waals surface area contributed by atoms with Gasteiger partial charge in [-0.1, -0.05) is 12.1 Å². The van der Waals surface area contributed by atoms with Crippen molar-refractivity contribution >= 4 is 27.8 Å². The number of methoxy groups -OCH3 is 1. The summed E-state index contributed by atoms with van der Waals surface area (Å²) in [6.07, 6.45) is 1.76. The standard InChI is InChI=1S/C25H20FN3O3/c1-14-9-18(7-8-20(14)26)29-22-10-17-12-27-28-21(17)11-19(22)24(23(29)13-32-2)15-3-5-16(6-4-15)25(30)31/h3-12H,13H2,1-2H3,(H,27,28)(H,30,31). The Bertz CT molecular complexity index is 1480. The molecule has 0 radical (unpaired) electrons. The number of carboxylic acid groups (broad SMARTS) is 1. The lowest BCUT2D eigenvalue weighted by atomic mass is 10.00. The van der Waals surface area contributed by atoms with E-state index >= 15 is 0 Å². The Hall–Kier alpha value is -3.97. The number of aromatic nitrogens is 3. The number of nitrogens with zero attached hydrogens (tertiary/aromatic N) is 2. The predicted molar refractivity (Wildman–Crippen MR) is 121 cm³/mol. The summed E-state index contributed by atoms with van der Waals surface area (Å²) in [6.45, 7) is 2.05. The minimum atomic E-state index is -0.975. The topological polar surface area (TPSA) is 80.1 Å². The summed E-state index contributed by atoms with van der Waals surface area (Å²) in [4.78, 5) is 11.3. The normalized spacial score (nSPS) is 11.5. The number of carboxylic acids is 1. The number of aryl methyl sites for hydroxylation is 1. The van der Waals surface area contributed by atoms with Crippen LogP contribution in [0.25, 0.3) is 38.6 Å². The van der Waals surface area contributed by atoms with Gasteiger partial charge < -0.3 is 14.4 Å². The molecule has 6 nitrogen and oxygen atoms in total. The molecule has 2 aromatic heterocycles. The monoisotopic (exact) mass is 429 g/mol. The Kier molecular flexibility index (Phi) is 4.75. The Labute approximate surface area is 182 Å². The van der Waals surface area contributed by atoms with Crippen LogP contribution in [0, 0.1) is 12.7 Å². The van der Waals surface area contributed by atoms with Gasteiger partial charge in [-0.05, 0) is 60.5 Å². The fraction of sp³-hybridized carbons (Fsp3) is 0.120. The fourth-order valence-corrected chi connectivity index (χ4v) is 4.22. The molecule has 5 aromatic rings. The van der Waals surface area contributed by atoms with Crippen LogP contribution in [-0.2, 0) is 11.3 Å². The van der Waals surface area contributed by atoms with Crippen molar-refractivity contribution < 1.29 is 19.0 Å². The molecule has 160 valence electrons. The van der Waals surface area contributed by atoms with Gasteiger partial charge in [0, 0.05) is 29.1 Å². The average Bonchev–Trinajstić information content (AvgIpc) is 3.36. The zero-order valence-electron chi connectivity index (χ0n) is 17.5. The van der Waals surface area contributed by atoms with Crippen molar-refractivity contribution in [3.05, 3.63) is 83.4 Å². The first-order valence-electron chi connectivity index (χ1n) is 10.1. The lowest BCUT2D eigenvalue weighted by Gasteiger charge is -2.13. The zero-order chi connectivity index (χ0) is 22.4. The van der Waals surface area contributed by atoms with E-state index in [9.17, 15) is 14.3 Å². The molecule has 0 unspecified atom stereocenters. The number of H-pyrrole nitrogens is 1. The third-order valence-corrected chi connectivity index (χ3v) is 5.73. The zero-order valence-corrected chi connectivity index (χ0v) is 17.5. The van der Waals surface area contributed by atoms with Gasteiger partial charge >= 0.3 is 5.97 Å². The molecule has 0 bridgehead atoms. The van der Waals surface area contributed by atoms with Crippen molar-refractivity contribution in [2.24, 2.45) is 0 Å². The van der Waals surface area contributed by atoms with Gasteiger partial charge in [0.1, 0.15) is 5.82 Å². The van der Waals surface area contributed by atoms with Crippen molar-refractivity contribution in [3.8, 4) is 16.8 Å². The van der Waals surface area contributed by atoms with Gasteiger partial charge in [0.05, 0.1) is 35.1 Å². The van der Waals surface area contributed by atoms with Gasteiger partial charge in [0.2, 0.25) is 0 Å². The lowest BCUT2D eigenvalue weighted by molar-refractivity contribution is 0.0697. The summed E-state index contributed by atoms with van der Waals surface area (Å²) in [5, 5.41) is 18.4. The van der Waals surface area contributed by atoms with Crippen molar-refractivity contribution in [1.29, 1.82) is 0 Å². The highest BCUT2D eigenvalue weighted by atomic mass is 19.1. The third kappa shape index (κ3) is 3.14. The molecule has 0 amide bonds. The number of hydrogen-bond donors (Lipinski definition) is 2. The molecular weight excluding hydrogens is 409 g/mol. The molecule has 5 rings (SSSR count). The molecule has 0 aliphatic rings. The van der Waals surface area contributed by atoms with Crippen LogP contribution in [0.5, 0.6) is 0 Å². The molecule has 0 fully saturated rings. The van der Waals surface area contributed by atoms with Gasteiger partial charge in [-0.3, -0.25) is 5.10 Å². The maximum absolute atomic E-state index is 14.0. The number of fused-ring (bicyclic) bond motifs is 2. The van der Waals surface area contributed by atoms with Crippen molar-refractivity contribution in [1.82, 2.24) is 14.8 Å². The van der Waals surface area contributed by atoms with Gasteiger partial charge in [0.25, 0.3) is 0 Å². The summed E-state index contributed by atoms with van der Waals surface area (Å²) in [7, 11) is 1.63. The second-order valence-electron chi connectivity index (χ2n) is 7.73. The maximum atomic E-state index is 14.0. The Balaban J connectivity index is 1.88. The molecule has 32 heavy (non-hydrogen) atoms. The number of benzene rings is 3. The summed E-state index contributed by atoms with van der Waals surface area (Å²) >= 11 is 0. The molecule has 0 spiro atoms. The van der Waals surface area contributed by atoms with Crippen molar-refractivity contribution in [3.63, 3.8) is 0 Å². The Morgan fingerprint density at radius 2 is 1.94 bits per heavy atom. The van der Waals surface area contributed by atoms with Crippen LogP contribution >= 0.6 is 0 Å². The molecule has 0 saturated heterocycles. The van der Waals surface area contributed by atoms with Crippen LogP contribution in [0.1, 0.15) is 21.6 Å². The molecule has 0 aliphatic carbocycles. The minimum absolute atomic E-state index is 0.218. The first-order valence-corrected chi connectivity index (χ1v) is 10.1. The molecule has 0 atom stereocenters. The summed E-state index contributed by atoms with van der Waals surface area (Å²) < 4.78 is 21.7. The minimum Gasteiger partial charge on any atom is -0.478 e. The van der Waals surface area contributed by atoms with Crippen LogP contribution in [0.3, 0.4) is 0 Å². The van der Waals surface area contributed by atoms with Crippen LogP contribution < -0.4 is 0 Å². The Morgan fingerprint density at radius 1 is 1.16 bits per heavy atom. The molecular formula is C25H20FN3O3. The van der Waals surface area contributed by atoms with E-state index in [-0.39, 0.29) is 11.4 Å². The third-order valence-electron chi connectivity index (χ3n) is 5.73. The number of ether oxygens (including phenoxy) is 1. The van der Waals surface area contributed by atoms with Gasteiger partial charge in [0.15, 0.2) is 0 Å². The molecule has 0 aliphatic heterocycles. The van der Waals surface area contributed by atoms with E-state index in [2.05, 4.69) is 14.8 Å². The SMILES string of the molecule is COCc1c(-c2ccc(C(=O)O)cc2)c2cc3[nH]ncc3cc2n1-c1ccc(F)c(C)c1. The first-order chi connectivity index (χ1) is 15.5. The number of nitrogens with one attached hydrogen (secondary N) is 1. The summed E-state index contributed by atoms with van der Waals surface area (Å²) in [5.74, 6) is -1.24. The molecule has 0 saturated carbocycles. The Morgan fingerprint density at radius 3 is 2.62 bits per heavy atom. The summed E-state index contributed by atoms with van der Waals surface area (Å²) in [6, 6.07) is 15.9. The second kappa shape index (κ2) is 7.62. The van der Waals surface area contributed by atoms with E-state index in [0.717, 1.165) is 44.3 Å². The van der Waals surface area contributed by atoms with Crippen molar-refractivity contribution in [2.45, 2.75) is 13.5 Å². The fourth-order valence-electron chi connectivity index (χ4n) is 4.22. The summed E-state index contributed by atoms with van der Waals surface area (Å²) in [5.41, 5.74) is 6.07. The number of carbonyl (C=O) groups is 1. The maximum Gasteiger partial charge on any atom is 0.335 e. The van der Waals surface area contributed by atoms with Crippen LogP contribution in [-0.4, -0.2) is 33.0 Å². The van der Waals surface area contributed by atoms with Gasteiger partial charge in [-0.25, -0.2) is 9.18 Å². The number of rotatable bonds is 5. The molecule has 7 heteroatoms. The van der Waals surface area contributed by atoms with E-state index in [4.69, 9.17) is 4.74 Å². The number of aromatic amines is 1. The van der Waals surface area contributed by atoms with E-state index in [0.29, 0.717) is 12.2 Å².